The molecule has 1 amide bonds. The van der Waals surface area contributed by atoms with Crippen molar-refractivity contribution in [3.8, 4) is 0 Å². The summed E-state index contributed by atoms with van der Waals surface area (Å²) >= 11 is 0. The van der Waals surface area contributed by atoms with Crippen molar-refractivity contribution < 1.29 is 207 Å². The second-order valence-corrected chi connectivity index (χ2v) is 16.5. The molecule has 1 N–H and O–H groups in total. The molecule has 0 bridgehead atoms. The van der Waals surface area contributed by atoms with Gasteiger partial charge in [-0.05, 0) is 37.6 Å². The van der Waals surface area contributed by atoms with Crippen molar-refractivity contribution >= 4 is 17.7 Å². The van der Waals surface area contributed by atoms with E-state index in [1.54, 1.807) is 0 Å². The van der Waals surface area contributed by atoms with E-state index in [1.807, 2.05) is 0 Å². The van der Waals surface area contributed by atoms with Crippen LogP contribution in [0.4, 0.5) is 203 Å². The number of amides is 1. The number of hydrogen-bond donors (Lipinski definition) is 1. The Bertz CT molecular complexity index is 2600. The third kappa shape index (κ3) is 9.52. The monoisotopic (exact) mass is 1340 g/mol. The van der Waals surface area contributed by atoms with Gasteiger partial charge in [0, 0.05) is 18.0 Å². The number of benzene rings is 1. The van der Waals surface area contributed by atoms with E-state index >= 15 is 0 Å². The lowest BCUT2D eigenvalue weighted by molar-refractivity contribution is -0.497. The number of halogens is 45. The fourth-order valence-corrected chi connectivity index (χ4v) is 5.85. The highest BCUT2D eigenvalue weighted by Crippen LogP contribution is 2.72. The number of isocyanates is 1. The smallest absolute Gasteiger partial charge is 0.349 e. The van der Waals surface area contributed by atoms with Gasteiger partial charge in [-0.1, -0.05) is 0 Å². The Labute approximate surface area is 422 Å². The predicted molar refractivity (Wildman–Crippen MR) is 170 cm³/mol. The lowest BCUT2D eigenvalue weighted by Crippen LogP contribution is -2.81. The van der Waals surface area contributed by atoms with Crippen molar-refractivity contribution in [2.45, 2.75) is 157 Å². The Morgan fingerprint density at radius 1 is 0.373 bits per heavy atom. The summed E-state index contributed by atoms with van der Waals surface area (Å²) in [5.41, 5.74) is -1.63. The maximum Gasteiger partial charge on any atom is 0.460 e. The third-order valence-corrected chi connectivity index (χ3v) is 10.9. The quantitative estimate of drug-likeness (QED) is 0.0603. The van der Waals surface area contributed by atoms with Crippen LogP contribution in [0.2, 0.25) is 0 Å². The summed E-state index contributed by atoms with van der Waals surface area (Å²) in [6.45, 7) is 0.794. The molecule has 0 heterocycles. The topological polar surface area (TPSA) is 58.5 Å². The number of aliphatic imine (C=N–C) groups is 1. The molecular formula is C34H13F45N2O2. The number of hydrogen-bond acceptors (Lipinski definition) is 3. The molecular weight excluding hydrogens is 1320 g/mol. The lowest BCUT2D eigenvalue weighted by atomic mass is 9.81. The first-order valence-electron chi connectivity index (χ1n) is 19.0. The van der Waals surface area contributed by atoms with Gasteiger partial charge < -0.3 is 5.32 Å². The van der Waals surface area contributed by atoms with Crippen LogP contribution in [0.25, 0.3) is 0 Å². The Morgan fingerprint density at radius 2 is 0.578 bits per heavy atom. The Balaban J connectivity index is 4.06. The summed E-state index contributed by atoms with van der Waals surface area (Å²) < 4.78 is 630. The van der Waals surface area contributed by atoms with Gasteiger partial charge in [0.05, 0.1) is 5.69 Å². The molecule has 49 heteroatoms. The van der Waals surface area contributed by atoms with Gasteiger partial charge in [0.15, 0.2) is 0 Å². The minimum absolute atomic E-state index is 0.0719. The Morgan fingerprint density at radius 3 is 0.771 bits per heavy atom. The minimum atomic E-state index is -10.8. The molecule has 83 heavy (non-hydrogen) atoms. The number of carbonyl (C=O) groups is 1. The highest BCUT2D eigenvalue weighted by atomic mass is 19.4. The molecule has 0 saturated carbocycles. The summed E-state index contributed by atoms with van der Waals surface area (Å²) in [6.07, 6.45) is -11.1. The molecule has 1 unspecified atom stereocenters. The number of nitrogens with one attached hydrogen (secondary N) is 1. The minimum Gasteiger partial charge on any atom is -0.349 e. The predicted octanol–water partition coefficient (Wildman–Crippen LogP) is 16.4. The Kier molecular flexibility index (Phi) is 18.3. The normalized spacial score (nSPS) is 16.7. The van der Waals surface area contributed by atoms with Crippen LogP contribution in [0.15, 0.2) is 23.2 Å². The molecule has 1 aromatic rings. The zero-order chi connectivity index (χ0) is 67.8. The van der Waals surface area contributed by atoms with Crippen molar-refractivity contribution in [1.82, 2.24) is 5.32 Å². The van der Waals surface area contributed by atoms with Crippen molar-refractivity contribution in [3.05, 3.63) is 29.3 Å². The number of alkyl halides is 45. The van der Waals surface area contributed by atoms with E-state index in [4.69, 9.17) is 0 Å². The molecule has 0 aliphatic heterocycles. The third-order valence-electron chi connectivity index (χ3n) is 10.9. The molecule has 0 aliphatic rings. The summed E-state index contributed by atoms with van der Waals surface area (Å²) in [5, 5.41) is 1.14. The van der Waals surface area contributed by atoms with E-state index in [-0.39, 0.29) is 12.6 Å². The van der Waals surface area contributed by atoms with Crippen LogP contribution in [-0.2, 0) is 4.79 Å². The SMILES string of the molecule is Cc1cc(N=C=O)ccc1C(=O)NC(C)CC(F)(F)C(F)(F)C(F)(F)C(F)(F)C(F)(F)C(F)(F)C(F)(F)C(F)(F)C(F)(F)C(F)(F)C(F)(F)C(F)(F)C(F)(F)C(F)(F)C(F)(F)C(F)(F)C(F)(F)C(F)(F)C(F)(F)C(F)(F)C(F)(F)C(F)(F)F. The van der Waals surface area contributed by atoms with Gasteiger partial charge in [-0.2, -0.15) is 203 Å². The molecule has 0 radical (unpaired) electrons. The zero-order valence-electron chi connectivity index (χ0n) is 37.3. The van der Waals surface area contributed by atoms with Gasteiger partial charge in [0.2, 0.25) is 6.08 Å². The van der Waals surface area contributed by atoms with Crippen LogP contribution in [0.3, 0.4) is 0 Å². The molecule has 0 aliphatic carbocycles. The fourth-order valence-electron chi connectivity index (χ4n) is 5.85. The van der Waals surface area contributed by atoms with Gasteiger partial charge in [0.25, 0.3) is 5.91 Å². The van der Waals surface area contributed by atoms with E-state index < -0.39 is 160 Å². The molecule has 0 fully saturated rings. The maximum absolute atomic E-state index is 14.6. The molecule has 1 atom stereocenters. The summed E-state index contributed by atoms with van der Waals surface area (Å²) in [5.74, 6) is -215. The highest BCUT2D eigenvalue weighted by molar-refractivity contribution is 5.96. The summed E-state index contributed by atoms with van der Waals surface area (Å²) in [7, 11) is 0. The van der Waals surface area contributed by atoms with Gasteiger partial charge in [0.1, 0.15) is 0 Å². The zero-order valence-corrected chi connectivity index (χ0v) is 37.3. The first-order chi connectivity index (χ1) is 35.5. The molecule has 0 aromatic heterocycles. The first kappa shape index (κ1) is 75.9. The summed E-state index contributed by atoms with van der Waals surface area (Å²) in [6, 6.07) is -1.04. The first-order valence-corrected chi connectivity index (χ1v) is 19.0. The maximum atomic E-state index is 14.6. The fraction of sp³-hybridized carbons (Fsp3) is 0.765. The van der Waals surface area contributed by atoms with Gasteiger partial charge in [-0.3, -0.25) is 4.79 Å². The molecule has 4 nitrogen and oxygen atoms in total. The largest absolute Gasteiger partial charge is 0.460 e. The van der Waals surface area contributed by atoms with E-state index in [1.165, 1.54) is 0 Å². The molecule has 0 spiro atoms. The van der Waals surface area contributed by atoms with Crippen LogP contribution in [0.5, 0.6) is 0 Å². The van der Waals surface area contributed by atoms with Crippen LogP contribution < -0.4 is 5.32 Å². The van der Waals surface area contributed by atoms with Crippen LogP contribution in [0, 0.1) is 6.92 Å². The standard InChI is InChI=1S/C34H13F45N2O2/c1-8-5-10(80-7-82)3-4-11(8)12(83)81-9(2)6-13(35,36)14(37,38)15(39,40)16(41,42)17(43,44)18(45,46)19(47,48)20(49,50)21(51,52)22(53,54)23(55,56)24(57,58)25(59,60)26(61,62)27(63,64)28(65,66)29(67,68)30(69,70)31(71,72)32(73,74)33(75,76)34(77,78)79/h3-5,9H,6H2,1-2H3,(H,81,83). The van der Waals surface area contributed by atoms with E-state index in [0.717, 1.165) is 24.4 Å². The second-order valence-electron chi connectivity index (χ2n) is 16.5. The van der Waals surface area contributed by atoms with Crippen LogP contribution in [-0.4, -0.2) is 149 Å². The molecule has 0 saturated heterocycles. The summed E-state index contributed by atoms with van der Waals surface area (Å²) in [4.78, 5) is 25.6. The van der Waals surface area contributed by atoms with Crippen LogP contribution >= 0.6 is 0 Å². The molecule has 1 rings (SSSR count). The van der Waals surface area contributed by atoms with Gasteiger partial charge in [-0.15, -0.1) is 0 Å². The average Bonchev–Trinajstić information content (AvgIpc) is 3.26. The number of carbonyl (C=O) groups excluding carboxylic acids is 2. The van der Waals surface area contributed by atoms with Gasteiger partial charge >= 0.3 is 131 Å². The van der Waals surface area contributed by atoms with Crippen molar-refractivity contribution in [2.75, 3.05) is 0 Å². The second kappa shape index (κ2) is 20.0. The van der Waals surface area contributed by atoms with Crippen molar-refractivity contribution in [3.63, 3.8) is 0 Å². The van der Waals surface area contributed by atoms with Crippen LogP contribution in [0.1, 0.15) is 29.3 Å². The lowest BCUT2D eigenvalue weighted by Gasteiger charge is -2.47. The molecule has 1 aromatic carbocycles. The number of aryl methyl sites for hydroxylation is 1. The Hall–Kier alpha value is -5.08. The van der Waals surface area contributed by atoms with E-state index in [9.17, 15) is 207 Å². The van der Waals surface area contributed by atoms with Crippen molar-refractivity contribution in [1.29, 1.82) is 0 Å². The highest BCUT2D eigenvalue weighted by Gasteiger charge is 3.04. The average molecular weight is 1340 g/mol. The molecule has 486 valence electrons. The number of nitrogens with zero attached hydrogens (tertiary/aromatic N) is 1. The van der Waals surface area contributed by atoms with Gasteiger partial charge in [-0.25, -0.2) is 4.79 Å². The van der Waals surface area contributed by atoms with Crippen molar-refractivity contribution in [2.24, 2.45) is 4.99 Å². The van der Waals surface area contributed by atoms with E-state index in [2.05, 4.69) is 4.99 Å². The number of rotatable bonds is 25. The van der Waals surface area contributed by atoms with E-state index in [0.29, 0.717) is 12.1 Å².